The quantitative estimate of drug-likeness (QED) is 0.377. The molecule has 0 unspecified atom stereocenters. The Balaban J connectivity index is 1.83. The number of ether oxygens (including phenoxy) is 1. The first kappa shape index (κ1) is 20.5. The average molecular weight is 411 g/mol. The Labute approximate surface area is 172 Å². The standard InChI is InChI=1S/C21H21N3O4S/c1-15(2)12-23(21(25)28-13-16-8-4-3-5-9-16)20-22-18(14-29-20)17-10-6-7-11-19(17)24(26)27/h3-11,14-15H,12-13H2,1-2H3. The molecule has 0 saturated heterocycles. The number of aromatic nitrogens is 1. The van der Waals surface area contributed by atoms with Gasteiger partial charge in [0.05, 0.1) is 16.2 Å². The molecule has 0 atom stereocenters. The molecular weight excluding hydrogens is 390 g/mol. The Morgan fingerprint density at radius 3 is 2.55 bits per heavy atom. The molecule has 1 aromatic heterocycles. The summed E-state index contributed by atoms with van der Waals surface area (Å²) < 4.78 is 5.47. The van der Waals surface area contributed by atoms with E-state index in [0.29, 0.717) is 22.9 Å². The molecule has 0 aliphatic carbocycles. The van der Waals surface area contributed by atoms with Gasteiger partial charge in [-0.2, -0.15) is 0 Å². The molecule has 0 N–H and O–H groups in total. The zero-order valence-electron chi connectivity index (χ0n) is 16.1. The fraction of sp³-hybridized carbons (Fsp3) is 0.238. The molecule has 3 rings (SSSR count). The molecule has 0 aliphatic heterocycles. The first-order valence-corrected chi connectivity index (χ1v) is 10.0. The number of para-hydroxylation sites is 1. The summed E-state index contributed by atoms with van der Waals surface area (Å²) in [6, 6.07) is 15.9. The van der Waals surface area contributed by atoms with E-state index in [2.05, 4.69) is 4.98 Å². The molecule has 2 aromatic carbocycles. The molecule has 7 nitrogen and oxygen atoms in total. The molecule has 29 heavy (non-hydrogen) atoms. The van der Waals surface area contributed by atoms with Crippen molar-refractivity contribution in [3.8, 4) is 11.3 Å². The number of rotatable bonds is 7. The van der Waals surface area contributed by atoms with Crippen LogP contribution in [0.25, 0.3) is 11.3 Å². The third kappa shape index (κ3) is 5.17. The maximum atomic E-state index is 12.7. The minimum Gasteiger partial charge on any atom is -0.444 e. The van der Waals surface area contributed by atoms with E-state index in [1.165, 1.54) is 22.3 Å². The number of nitrogens with zero attached hydrogens (tertiary/aromatic N) is 3. The lowest BCUT2D eigenvalue weighted by atomic mass is 10.1. The van der Waals surface area contributed by atoms with Crippen LogP contribution in [0.3, 0.4) is 0 Å². The summed E-state index contributed by atoms with van der Waals surface area (Å²) in [7, 11) is 0. The van der Waals surface area contributed by atoms with Crippen molar-refractivity contribution in [3.05, 3.63) is 75.7 Å². The number of nitro benzene ring substituents is 1. The van der Waals surface area contributed by atoms with Crippen LogP contribution in [0.15, 0.2) is 60.0 Å². The van der Waals surface area contributed by atoms with Gasteiger partial charge in [0.15, 0.2) is 5.13 Å². The SMILES string of the molecule is CC(C)CN(C(=O)OCc1ccccc1)c1nc(-c2ccccc2[N+](=O)[O-])cs1. The largest absolute Gasteiger partial charge is 0.444 e. The summed E-state index contributed by atoms with van der Waals surface area (Å²) in [4.78, 5) is 29.6. The van der Waals surface area contributed by atoms with Gasteiger partial charge in [0.2, 0.25) is 0 Å². The van der Waals surface area contributed by atoms with Crippen molar-refractivity contribution in [2.75, 3.05) is 11.4 Å². The van der Waals surface area contributed by atoms with Gasteiger partial charge in [0.1, 0.15) is 6.61 Å². The van der Waals surface area contributed by atoms with Gasteiger partial charge in [-0.1, -0.05) is 56.3 Å². The summed E-state index contributed by atoms with van der Waals surface area (Å²) >= 11 is 1.26. The van der Waals surface area contributed by atoms with Gasteiger partial charge in [-0.3, -0.25) is 15.0 Å². The lowest BCUT2D eigenvalue weighted by molar-refractivity contribution is -0.384. The third-order valence-electron chi connectivity index (χ3n) is 4.07. The van der Waals surface area contributed by atoms with E-state index in [-0.39, 0.29) is 18.2 Å². The zero-order valence-corrected chi connectivity index (χ0v) is 17.0. The van der Waals surface area contributed by atoms with E-state index >= 15 is 0 Å². The predicted molar refractivity (Wildman–Crippen MR) is 113 cm³/mol. The Hall–Kier alpha value is -3.26. The van der Waals surface area contributed by atoms with E-state index in [4.69, 9.17) is 4.74 Å². The fourth-order valence-electron chi connectivity index (χ4n) is 2.75. The van der Waals surface area contributed by atoms with Gasteiger partial charge in [0, 0.05) is 18.0 Å². The number of benzene rings is 2. The van der Waals surface area contributed by atoms with Gasteiger partial charge < -0.3 is 4.74 Å². The van der Waals surface area contributed by atoms with Crippen LogP contribution < -0.4 is 4.90 Å². The molecule has 3 aromatic rings. The number of nitro groups is 1. The Morgan fingerprint density at radius 1 is 1.17 bits per heavy atom. The van der Waals surface area contributed by atoms with Crippen LogP contribution in [0.5, 0.6) is 0 Å². The normalized spacial score (nSPS) is 10.7. The topological polar surface area (TPSA) is 85.6 Å². The Morgan fingerprint density at radius 2 is 1.86 bits per heavy atom. The number of hydrogen-bond acceptors (Lipinski definition) is 6. The molecule has 1 amide bonds. The summed E-state index contributed by atoms with van der Waals surface area (Å²) in [6.07, 6.45) is -0.494. The van der Waals surface area contributed by atoms with E-state index in [0.717, 1.165) is 5.56 Å². The Bertz CT molecular complexity index is 988. The van der Waals surface area contributed by atoms with Crippen LogP contribution in [-0.2, 0) is 11.3 Å². The minimum absolute atomic E-state index is 0.0218. The maximum absolute atomic E-state index is 12.7. The molecule has 0 spiro atoms. The molecule has 150 valence electrons. The second-order valence-corrected chi connectivity index (χ2v) is 7.67. The number of thiazole rings is 1. The van der Waals surface area contributed by atoms with Crippen LogP contribution in [0, 0.1) is 16.0 Å². The highest BCUT2D eigenvalue weighted by molar-refractivity contribution is 7.14. The van der Waals surface area contributed by atoms with Gasteiger partial charge in [0.25, 0.3) is 5.69 Å². The molecule has 1 heterocycles. The van der Waals surface area contributed by atoms with Crippen molar-refractivity contribution in [3.63, 3.8) is 0 Å². The number of carbonyl (C=O) groups is 1. The van der Waals surface area contributed by atoms with Crippen LogP contribution in [0.1, 0.15) is 19.4 Å². The molecule has 0 saturated carbocycles. The first-order valence-electron chi connectivity index (χ1n) is 9.13. The molecule has 0 fully saturated rings. The third-order valence-corrected chi connectivity index (χ3v) is 4.94. The van der Waals surface area contributed by atoms with E-state index in [9.17, 15) is 14.9 Å². The second kappa shape index (κ2) is 9.29. The number of amides is 1. The number of carbonyl (C=O) groups excluding carboxylic acids is 1. The van der Waals surface area contributed by atoms with Crippen molar-refractivity contribution in [2.45, 2.75) is 20.5 Å². The maximum Gasteiger partial charge on any atom is 0.416 e. The Kier molecular flexibility index (Phi) is 6.56. The highest BCUT2D eigenvalue weighted by atomic mass is 32.1. The minimum atomic E-state index is -0.494. The van der Waals surface area contributed by atoms with Gasteiger partial charge in [-0.05, 0) is 17.5 Å². The highest BCUT2D eigenvalue weighted by Gasteiger charge is 2.24. The van der Waals surface area contributed by atoms with E-state index in [1.54, 1.807) is 23.6 Å². The van der Waals surface area contributed by atoms with Crippen LogP contribution in [-0.4, -0.2) is 22.5 Å². The highest BCUT2D eigenvalue weighted by Crippen LogP contribution is 2.33. The van der Waals surface area contributed by atoms with E-state index in [1.807, 2.05) is 44.2 Å². The van der Waals surface area contributed by atoms with Crippen molar-refractivity contribution in [2.24, 2.45) is 5.92 Å². The van der Waals surface area contributed by atoms with Crippen molar-refractivity contribution in [1.82, 2.24) is 4.98 Å². The smallest absolute Gasteiger partial charge is 0.416 e. The van der Waals surface area contributed by atoms with Crippen molar-refractivity contribution >= 4 is 28.2 Å². The lowest BCUT2D eigenvalue weighted by Crippen LogP contribution is -2.34. The summed E-state index contributed by atoms with van der Waals surface area (Å²) in [5.41, 5.74) is 1.75. The predicted octanol–water partition coefficient (Wildman–Crippen LogP) is 5.52. The average Bonchev–Trinajstić information content (AvgIpc) is 3.20. The van der Waals surface area contributed by atoms with Crippen LogP contribution in [0.2, 0.25) is 0 Å². The molecule has 0 bridgehead atoms. The first-order chi connectivity index (χ1) is 14.0. The molecular formula is C21H21N3O4S. The number of anilines is 1. The molecule has 0 aliphatic rings. The lowest BCUT2D eigenvalue weighted by Gasteiger charge is -2.21. The van der Waals surface area contributed by atoms with E-state index < -0.39 is 11.0 Å². The summed E-state index contributed by atoms with van der Waals surface area (Å²) in [5.74, 6) is 0.192. The summed E-state index contributed by atoms with van der Waals surface area (Å²) in [5, 5.41) is 13.5. The fourth-order valence-corrected chi connectivity index (χ4v) is 3.58. The monoisotopic (exact) mass is 411 g/mol. The van der Waals surface area contributed by atoms with Gasteiger partial charge in [-0.25, -0.2) is 9.78 Å². The molecule has 0 radical (unpaired) electrons. The van der Waals surface area contributed by atoms with Crippen LogP contribution in [0.4, 0.5) is 15.6 Å². The van der Waals surface area contributed by atoms with Gasteiger partial charge >= 0.3 is 6.09 Å². The summed E-state index contributed by atoms with van der Waals surface area (Å²) in [6.45, 7) is 4.58. The number of hydrogen-bond donors (Lipinski definition) is 0. The molecule has 8 heteroatoms. The van der Waals surface area contributed by atoms with Crippen LogP contribution >= 0.6 is 11.3 Å². The van der Waals surface area contributed by atoms with Crippen molar-refractivity contribution in [1.29, 1.82) is 0 Å². The second-order valence-electron chi connectivity index (χ2n) is 6.83. The van der Waals surface area contributed by atoms with Gasteiger partial charge in [-0.15, -0.1) is 11.3 Å². The van der Waals surface area contributed by atoms with Crippen molar-refractivity contribution < 1.29 is 14.5 Å². The zero-order chi connectivity index (χ0) is 20.8.